The molecule has 0 aromatic carbocycles. The zero-order chi connectivity index (χ0) is 20.4. The smallest absolute Gasteiger partial charge is 0.158 e. The Hall–Kier alpha value is -1.97. The third kappa shape index (κ3) is 2.60. The van der Waals surface area contributed by atoms with Crippen molar-refractivity contribution in [2.24, 2.45) is 34.5 Å². The lowest BCUT2D eigenvalue weighted by molar-refractivity contribution is -0.122. The number of ketones is 1. The fraction of sp³-hybridized carbons (Fsp3) is 0.640. The molecule has 4 aliphatic rings. The van der Waals surface area contributed by atoms with Gasteiger partial charge in [0.05, 0.1) is 7.11 Å². The SMILES string of the molecule is COC1=C(c2ncccn2)[C@@]2(C)CC[C@@H]3[C@@H](C(C)C=C4CC(=O)CC[C@@]43C)[C@@H]2C1. The van der Waals surface area contributed by atoms with Crippen LogP contribution in [-0.2, 0) is 9.53 Å². The van der Waals surface area contributed by atoms with Gasteiger partial charge in [-0.25, -0.2) is 9.97 Å². The standard InChI is InChI=1S/C25H32N2O2/c1-15-12-16-13-17(28)6-8-24(16,2)18-7-9-25(3)19(21(15)18)14-20(29-4)22(25)23-26-10-5-11-27-23/h5,10-12,15,18-19,21H,6-9,13-14H2,1-4H3/t15?,18-,19+,21-,24+,25+/m1/s1. The second-order valence-electron chi connectivity index (χ2n) is 10.2. The van der Waals surface area contributed by atoms with Gasteiger partial charge in [0.2, 0.25) is 0 Å². The first-order valence-electron chi connectivity index (χ1n) is 11.2. The van der Waals surface area contributed by atoms with Gasteiger partial charge in [0.1, 0.15) is 11.5 Å². The first-order valence-corrected chi connectivity index (χ1v) is 11.2. The maximum Gasteiger partial charge on any atom is 0.158 e. The molecular weight excluding hydrogens is 360 g/mol. The van der Waals surface area contributed by atoms with E-state index in [1.165, 1.54) is 17.6 Å². The van der Waals surface area contributed by atoms with Crippen LogP contribution in [0.5, 0.6) is 0 Å². The van der Waals surface area contributed by atoms with Crippen LogP contribution >= 0.6 is 0 Å². The van der Waals surface area contributed by atoms with Crippen LogP contribution in [-0.4, -0.2) is 22.9 Å². The second kappa shape index (κ2) is 6.52. The zero-order valence-corrected chi connectivity index (χ0v) is 18.1. The fourth-order valence-electron chi connectivity index (χ4n) is 7.46. The van der Waals surface area contributed by atoms with E-state index in [-0.39, 0.29) is 10.8 Å². The summed E-state index contributed by atoms with van der Waals surface area (Å²) >= 11 is 0. The summed E-state index contributed by atoms with van der Waals surface area (Å²) < 4.78 is 5.94. The number of aromatic nitrogens is 2. The van der Waals surface area contributed by atoms with Crippen LogP contribution < -0.4 is 0 Å². The molecule has 1 aromatic rings. The van der Waals surface area contributed by atoms with E-state index in [1.54, 1.807) is 7.11 Å². The van der Waals surface area contributed by atoms with Crippen LogP contribution in [0, 0.1) is 34.5 Å². The van der Waals surface area contributed by atoms with Gasteiger partial charge < -0.3 is 4.74 Å². The van der Waals surface area contributed by atoms with Crippen LogP contribution in [0.3, 0.4) is 0 Å². The molecule has 0 saturated heterocycles. The number of rotatable bonds is 2. The molecule has 29 heavy (non-hydrogen) atoms. The van der Waals surface area contributed by atoms with Crippen molar-refractivity contribution < 1.29 is 9.53 Å². The number of fused-ring (bicyclic) bond motifs is 5. The van der Waals surface area contributed by atoms with Gasteiger partial charge >= 0.3 is 0 Å². The van der Waals surface area contributed by atoms with E-state index in [1.807, 2.05) is 18.5 Å². The molecular formula is C25H32N2O2. The topological polar surface area (TPSA) is 52.1 Å². The maximum absolute atomic E-state index is 12.2. The van der Waals surface area contributed by atoms with Crippen molar-refractivity contribution in [1.29, 1.82) is 0 Å². The van der Waals surface area contributed by atoms with Gasteiger partial charge in [-0.1, -0.05) is 32.4 Å². The van der Waals surface area contributed by atoms with E-state index in [9.17, 15) is 4.79 Å². The number of nitrogens with zero attached hydrogens (tertiary/aromatic N) is 2. The fourth-order valence-corrected chi connectivity index (χ4v) is 7.46. The van der Waals surface area contributed by atoms with Crippen molar-refractivity contribution >= 4 is 11.4 Å². The molecule has 0 aliphatic heterocycles. The number of hydrogen-bond donors (Lipinski definition) is 0. The van der Waals surface area contributed by atoms with Crippen LogP contribution in [0.15, 0.2) is 35.9 Å². The number of methoxy groups -OCH3 is 1. The van der Waals surface area contributed by atoms with Crippen LogP contribution in [0.1, 0.15) is 65.1 Å². The van der Waals surface area contributed by atoms with Gasteiger partial charge in [-0.2, -0.15) is 0 Å². The minimum Gasteiger partial charge on any atom is -0.501 e. The highest BCUT2D eigenvalue weighted by Crippen LogP contribution is 2.68. The van der Waals surface area contributed by atoms with Gasteiger partial charge in [-0.05, 0) is 54.4 Å². The summed E-state index contributed by atoms with van der Waals surface area (Å²) in [4.78, 5) is 21.4. The van der Waals surface area contributed by atoms with Gasteiger partial charge in [-0.15, -0.1) is 0 Å². The van der Waals surface area contributed by atoms with Gasteiger partial charge in [0.15, 0.2) is 5.82 Å². The highest BCUT2D eigenvalue weighted by molar-refractivity contribution is 5.82. The molecule has 0 amide bonds. The summed E-state index contributed by atoms with van der Waals surface area (Å²) in [6.07, 6.45) is 11.9. The Labute approximate surface area is 173 Å². The molecule has 0 N–H and O–H groups in total. The van der Waals surface area contributed by atoms with Gasteiger partial charge in [0, 0.05) is 42.6 Å². The van der Waals surface area contributed by atoms with Gasteiger partial charge in [-0.3, -0.25) is 4.79 Å². The molecule has 154 valence electrons. The van der Waals surface area contributed by atoms with E-state index in [0.29, 0.717) is 35.9 Å². The molecule has 4 nitrogen and oxygen atoms in total. The van der Waals surface area contributed by atoms with E-state index in [4.69, 9.17) is 4.74 Å². The summed E-state index contributed by atoms with van der Waals surface area (Å²) in [5.41, 5.74) is 2.89. The molecule has 0 spiro atoms. The summed E-state index contributed by atoms with van der Waals surface area (Å²) in [6, 6.07) is 1.88. The number of hydrogen-bond acceptors (Lipinski definition) is 4. The predicted molar refractivity (Wildman–Crippen MR) is 113 cm³/mol. The Kier molecular flexibility index (Phi) is 4.27. The summed E-state index contributed by atoms with van der Waals surface area (Å²) in [6.45, 7) is 7.24. The maximum atomic E-state index is 12.2. The van der Waals surface area contributed by atoms with Crippen molar-refractivity contribution in [3.8, 4) is 0 Å². The van der Waals surface area contributed by atoms with Crippen molar-refractivity contribution in [3.63, 3.8) is 0 Å². The number of allylic oxidation sites excluding steroid dienone is 4. The Morgan fingerprint density at radius 3 is 2.59 bits per heavy atom. The van der Waals surface area contributed by atoms with Crippen molar-refractivity contribution in [3.05, 3.63) is 41.7 Å². The average molecular weight is 393 g/mol. The second-order valence-corrected chi connectivity index (χ2v) is 10.2. The molecule has 4 aliphatic carbocycles. The summed E-state index contributed by atoms with van der Waals surface area (Å²) in [7, 11) is 1.80. The average Bonchev–Trinajstić information content (AvgIpc) is 3.02. The van der Waals surface area contributed by atoms with E-state index >= 15 is 0 Å². The number of ether oxygens (including phenoxy) is 1. The molecule has 1 unspecified atom stereocenters. The normalized spacial score (nSPS) is 41.4. The minimum absolute atomic E-state index is 0.0499. The zero-order valence-electron chi connectivity index (χ0n) is 18.1. The van der Waals surface area contributed by atoms with E-state index in [2.05, 4.69) is 36.8 Å². The minimum atomic E-state index is 0.0499. The lowest BCUT2D eigenvalue weighted by Gasteiger charge is -2.58. The predicted octanol–water partition coefficient (Wildman–Crippen LogP) is 5.22. The van der Waals surface area contributed by atoms with Crippen LogP contribution in [0.2, 0.25) is 0 Å². The molecule has 1 heterocycles. The third-order valence-electron chi connectivity index (χ3n) is 8.95. The summed E-state index contributed by atoms with van der Waals surface area (Å²) in [5.74, 6) is 4.63. The Morgan fingerprint density at radius 1 is 1.10 bits per heavy atom. The lowest BCUT2D eigenvalue weighted by atomic mass is 9.45. The number of carbonyl (C=O) groups is 1. The van der Waals surface area contributed by atoms with Crippen molar-refractivity contribution in [1.82, 2.24) is 9.97 Å². The summed E-state index contributed by atoms with van der Waals surface area (Å²) in [5, 5.41) is 0. The van der Waals surface area contributed by atoms with E-state index in [0.717, 1.165) is 37.3 Å². The molecule has 4 heteroatoms. The van der Waals surface area contributed by atoms with Crippen LogP contribution in [0.25, 0.3) is 5.57 Å². The highest BCUT2D eigenvalue weighted by atomic mass is 16.5. The first kappa shape index (κ1) is 19.0. The Bertz CT molecular complexity index is 905. The molecule has 2 fully saturated rings. The first-order chi connectivity index (χ1) is 13.9. The van der Waals surface area contributed by atoms with Gasteiger partial charge in [0.25, 0.3) is 0 Å². The third-order valence-corrected chi connectivity index (χ3v) is 8.95. The molecule has 6 atom stereocenters. The lowest BCUT2D eigenvalue weighted by Crippen LogP contribution is -2.52. The van der Waals surface area contributed by atoms with E-state index < -0.39 is 0 Å². The molecule has 1 aromatic heterocycles. The van der Waals surface area contributed by atoms with Crippen molar-refractivity contribution in [2.45, 2.75) is 59.3 Å². The highest BCUT2D eigenvalue weighted by Gasteiger charge is 2.60. The number of Topliss-reactive ketones (excluding diaryl/α,β-unsaturated/α-hetero) is 1. The Balaban J connectivity index is 1.57. The largest absolute Gasteiger partial charge is 0.501 e. The Morgan fingerprint density at radius 2 is 1.86 bits per heavy atom. The molecule has 5 rings (SSSR count). The number of carbonyl (C=O) groups excluding carboxylic acids is 1. The molecule has 0 bridgehead atoms. The molecule has 0 radical (unpaired) electrons. The molecule has 2 saturated carbocycles. The van der Waals surface area contributed by atoms with Crippen LogP contribution in [0.4, 0.5) is 0 Å². The monoisotopic (exact) mass is 392 g/mol. The quantitative estimate of drug-likeness (QED) is 0.647. The van der Waals surface area contributed by atoms with Crippen molar-refractivity contribution in [2.75, 3.05) is 7.11 Å².